The first-order chi connectivity index (χ1) is 14.7. The quantitative estimate of drug-likeness (QED) is 0.356. The Bertz CT molecular complexity index is 1140. The van der Waals surface area contributed by atoms with Crippen molar-refractivity contribution in [2.24, 2.45) is 0 Å². The molecule has 4 aromatic carbocycles. The van der Waals surface area contributed by atoms with Gasteiger partial charge in [-0.25, -0.2) is 4.39 Å². The van der Waals surface area contributed by atoms with E-state index < -0.39 is 0 Å². The van der Waals surface area contributed by atoms with Crippen molar-refractivity contribution in [2.45, 2.75) is 26.5 Å². The van der Waals surface area contributed by atoms with E-state index in [1.807, 2.05) is 24.3 Å². The molecule has 0 aromatic heterocycles. The van der Waals surface area contributed by atoms with Gasteiger partial charge in [-0.15, -0.1) is 0 Å². The molecule has 4 rings (SSSR count). The first-order valence-electron chi connectivity index (χ1n) is 10.3. The van der Waals surface area contributed by atoms with Gasteiger partial charge in [-0.05, 0) is 53.9 Å². The van der Waals surface area contributed by atoms with Gasteiger partial charge in [0.2, 0.25) is 0 Å². The minimum atomic E-state index is -0.147. The summed E-state index contributed by atoms with van der Waals surface area (Å²) in [6.07, 6.45) is 0.650. The van der Waals surface area contributed by atoms with Gasteiger partial charge in [0.1, 0.15) is 18.2 Å². The SMILES string of the molecule is Cc1cccc(COc2ccc3ccccc3c2CNCCc2ccccc2F)c1. The molecule has 2 nitrogen and oxygen atoms in total. The van der Waals surface area contributed by atoms with Crippen LogP contribution in [0.4, 0.5) is 4.39 Å². The zero-order valence-electron chi connectivity index (χ0n) is 17.2. The van der Waals surface area contributed by atoms with Crippen LogP contribution in [0.15, 0.2) is 84.9 Å². The van der Waals surface area contributed by atoms with Gasteiger partial charge in [0, 0.05) is 12.1 Å². The van der Waals surface area contributed by atoms with Crippen LogP contribution in [-0.2, 0) is 19.6 Å². The molecule has 4 aromatic rings. The summed E-state index contributed by atoms with van der Waals surface area (Å²) in [6.45, 7) is 3.98. The van der Waals surface area contributed by atoms with E-state index in [1.165, 1.54) is 22.4 Å². The number of hydrogen-bond acceptors (Lipinski definition) is 2. The molecule has 0 bridgehead atoms. The Balaban J connectivity index is 1.49. The van der Waals surface area contributed by atoms with Crippen molar-refractivity contribution in [3.05, 3.63) is 113 Å². The third kappa shape index (κ3) is 4.87. The molecule has 0 aliphatic heterocycles. The Hall–Kier alpha value is -3.17. The molecule has 0 radical (unpaired) electrons. The van der Waals surface area contributed by atoms with Crippen molar-refractivity contribution in [1.29, 1.82) is 0 Å². The molecule has 0 fully saturated rings. The lowest BCUT2D eigenvalue weighted by Gasteiger charge is -2.15. The van der Waals surface area contributed by atoms with Gasteiger partial charge in [-0.3, -0.25) is 0 Å². The van der Waals surface area contributed by atoms with Gasteiger partial charge >= 0.3 is 0 Å². The maximum absolute atomic E-state index is 13.9. The number of nitrogens with one attached hydrogen (secondary N) is 1. The fourth-order valence-electron chi connectivity index (χ4n) is 3.73. The van der Waals surface area contributed by atoms with Crippen LogP contribution in [0.1, 0.15) is 22.3 Å². The molecule has 3 heteroatoms. The second-order valence-electron chi connectivity index (χ2n) is 7.56. The summed E-state index contributed by atoms with van der Waals surface area (Å²) in [5, 5.41) is 5.84. The van der Waals surface area contributed by atoms with E-state index >= 15 is 0 Å². The summed E-state index contributed by atoms with van der Waals surface area (Å²) in [5.74, 6) is 0.736. The average molecular weight is 400 g/mol. The number of ether oxygens (including phenoxy) is 1. The highest BCUT2D eigenvalue weighted by Gasteiger charge is 2.10. The number of benzene rings is 4. The van der Waals surface area contributed by atoms with Crippen LogP contribution in [0.3, 0.4) is 0 Å². The Morgan fingerprint density at radius 2 is 1.70 bits per heavy atom. The Kier molecular flexibility index (Phi) is 6.41. The Morgan fingerprint density at radius 1 is 0.867 bits per heavy atom. The van der Waals surface area contributed by atoms with Gasteiger partial charge in [0.25, 0.3) is 0 Å². The van der Waals surface area contributed by atoms with E-state index in [1.54, 1.807) is 6.07 Å². The van der Waals surface area contributed by atoms with Gasteiger partial charge in [0.15, 0.2) is 0 Å². The fourth-order valence-corrected chi connectivity index (χ4v) is 3.73. The zero-order chi connectivity index (χ0) is 20.8. The van der Waals surface area contributed by atoms with Crippen LogP contribution in [0.5, 0.6) is 5.75 Å². The van der Waals surface area contributed by atoms with Crippen LogP contribution >= 0.6 is 0 Å². The monoisotopic (exact) mass is 399 g/mol. The highest BCUT2D eigenvalue weighted by Crippen LogP contribution is 2.29. The molecule has 0 saturated carbocycles. The van der Waals surface area contributed by atoms with Gasteiger partial charge < -0.3 is 10.1 Å². The van der Waals surface area contributed by atoms with Crippen LogP contribution in [0, 0.1) is 12.7 Å². The number of aryl methyl sites for hydroxylation is 1. The van der Waals surface area contributed by atoms with Crippen molar-refractivity contribution in [3.8, 4) is 5.75 Å². The minimum absolute atomic E-state index is 0.147. The molecule has 0 atom stereocenters. The molecule has 0 spiro atoms. The number of fused-ring (bicyclic) bond motifs is 1. The van der Waals surface area contributed by atoms with Gasteiger partial charge in [0.05, 0.1) is 0 Å². The summed E-state index contributed by atoms with van der Waals surface area (Å²) in [7, 11) is 0. The third-order valence-corrected chi connectivity index (χ3v) is 5.31. The minimum Gasteiger partial charge on any atom is -0.489 e. The van der Waals surface area contributed by atoms with Crippen LogP contribution in [0.25, 0.3) is 10.8 Å². The average Bonchev–Trinajstić information content (AvgIpc) is 2.77. The van der Waals surface area contributed by atoms with E-state index in [0.29, 0.717) is 26.1 Å². The summed E-state index contributed by atoms with van der Waals surface area (Å²) < 4.78 is 20.1. The molecule has 0 aliphatic carbocycles. The summed E-state index contributed by atoms with van der Waals surface area (Å²) in [5.41, 5.74) is 4.25. The third-order valence-electron chi connectivity index (χ3n) is 5.31. The highest BCUT2D eigenvalue weighted by molar-refractivity contribution is 5.87. The first kappa shape index (κ1) is 20.1. The normalized spacial score (nSPS) is 11.0. The lowest BCUT2D eigenvalue weighted by Crippen LogP contribution is -2.18. The molecule has 152 valence electrons. The predicted molar refractivity (Wildman–Crippen MR) is 121 cm³/mol. The van der Waals surface area contributed by atoms with E-state index in [9.17, 15) is 4.39 Å². The highest BCUT2D eigenvalue weighted by atomic mass is 19.1. The number of hydrogen-bond donors (Lipinski definition) is 1. The maximum Gasteiger partial charge on any atom is 0.126 e. The lowest BCUT2D eigenvalue weighted by atomic mass is 10.0. The lowest BCUT2D eigenvalue weighted by molar-refractivity contribution is 0.302. The standard InChI is InChI=1S/C27H26FNO/c1-20-7-6-8-21(17-20)19-30-27-14-13-22-9-2-4-11-24(22)25(27)18-29-16-15-23-10-3-5-12-26(23)28/h2-14,17,29H,15-16,18-19H2,1H3. The van der Waals surface area contributed by atoms with E-state index in [4.69, 9.17) is 4.74 Å². The van der Waals surface area contributed by atoms with Crippen molar-refractivity contribution in [3.63, 3.8) is 0 Å². The first-order valence-corrected chi connectivity index (χ1v) is 10.3. The van der Waals surface area contributed by atoms with Crippen molar-refractivity contribution in [1.82, 2.24) is 5.32 Å². The topological polar surface area (TPSA) is 21.3 Å². The Morgan fingerprint density at radius 3 is 2.57 bits per heavy atom. The smallest absolute Gasteiger partial charge is 0.126 e. The van der Waals surface area contributed by atoms with Crippen molar-refractivity contribution < 1.29 is 9.13 Å². The molecular weight excluding hydrogens is 373 g/mol. The second-order valence-corrected chi connectivity index (χ2v) is 7.56. The molecule has 30 heavy (non-hydrogen) atoms. The fraction of sp³-hybridized carbons (Fsp3) is 0.185. The largest absolute Gasteiger partial charge is 0.489 e. The van der Waals surface area contributed by atoms with Gasteiger partial charge in [-0.2, -0.15) is 0 Å². The van der Waals surface area contributed by atoms with Crippen molar-refractivity contribution in [2.75, 3.05) is 6.54 Å². The maximum atomic E-state index is 13.9. The molecule has 0 unspecified atom stereocenters. The summed E-state index contributed by atoms with van der Waals surface area (Å²) in [6, 6.07) is 27.8. The summed E-state index contributed by atoms with van der Waals surface area (Å²) >= 11 is 0. The van der Waals surface area contributed by atoms with Crippen LogP contribution in [-0.4, -0.2) is 6.54 Å². The predicted octanol–water partition coefficient (Wildman–Crippen LogP) is 6.20. The Labute approximate surface area is 177 Å². The van der Waals surface area contributed by atoms with E-state index in [0.717, 1.165) is 22.4 Å². The summed E-state index contributed by atoms with van der Waals surface area (Å²) in [4.78, 5) is 0. The number of halogens is 1. The zero-order valence-corrected chi connectivity index (χ0v) is 17.2. The van der Waals surface area contributed by atoms with Crippen molar-refractivity contribution >= 4 is 10.8 Å². The molecular formula is C27H26FNO. The molecule has 0 saturated heterocycles. The number of rotatable bonds is 8. The van der Waals surface area contributed by atoms with E-state index in [-0.39, 0.29) is 5.82 Å². The van der Waals surface area contributed by atoms with Crippen LogP contribution < -0.4 is 10.1 Å². The molecule has 0 heterocycles. The molecule has 0 amide bonds. The van der Waals surface area contributed by atoms with Crippen LogP contribution in [0.2, 0.25) is 0 Å². The van der Waals surface area contributed by atoms with E-state index in [2.05, 4.69) is 60.8 Å². The molecule has 0 aliphatic rings. The van der Waals surface area contributed by atoms with Gasteiger partial charge in [-0.1, -0.05) is 78.4 Å². The second kappa shape index (κ2) is 9.55. The molecule has 1 N–H and O–H groups in total.